The number of hydrogen-bond acceptors (Lipinski definition) is 0. The third-order valence-electron chi connectivity index (χ3n) is 1.95. The SMILES string of the molecule is C=C/C(C)=C\C/C=C\CCC=C(C)C. The molecule has 0 rings (SSSR count). The van der Waals surface area contributed by atoms with Gasteiger partial charge in [-0.25, -0.2) is 0 Å². The van der Waals surface area contributed by atoms with Gasteiger partial charge in [-0.3, -0.25) is 0 Å². The molecular weight excluding hydrogens is 168 g/mol. The summed E-state index contributed by atoms with van der Waals surface area (Å²) in [6.07, 6.45) is 14.1. The molecule has 0 heterocycles. The summed E-state index contributed by atoms with van der Waals surface area (Å²) in [6.45, 7) is 10.1. The molecule has 0 unspecified atom stereocenters. The lowest BCUT2D eigenvalue weighted by molar-refractivity contribution is 1.03. The van der Waals surface area contributed by atoms with Gasteiger partial charge in [-0.1, -0.05) is 48.1 Å². The number of unbranched alkanes of at least 4 members (excludes halogenated alkanes) is 1. The Morgan fingerprint density at radius 3 is 2.29 bits per heavy atom. The second-order valence-electron chi connectivity index (χ2n) is 3.72. The fraction of sp³-hybridized carbons (Fsp3) is 0.429. The Morgan fingerprint density at radius 2 is 1.71 bits per heavy atom. The average Bonchev–Trinajstić information content (AvgIpc) is 2.15. The van der Waals surface area contributed by atoms with Crippen LogP contribution in [0.4, 0.5) is 0 Å². The van der Waals surface area contributed by atoms with E-state index < -0.39 is 0 Å². The average molecular weight is 190 g/mol. The minimum absolute atomic E-state index is 1.02. The van der Waals surface area contributed by atoms with Crippen molar-refractivity contribution >= 4 is 0 Å². The maximum absolute atomic E-state index is 3.71. The minimum Gasteiger partial charge on any atom is -0.0988 e. The Balaban J connectivity index is 3.55. The first kappa shape index (κ1) is 13.0. The highest BCUT2D eigenvalue weighted by Crippen LogP contribution is 2.00. The molecule has 0 atom stereocenters. The van der Waals surface area contributed by atoms with Crippen molar-refractivity contribution in [1.29, 1.82) is 0 Å². The third kappa shape index (κ3) is 9.05. The Labute approximate surface area is 88.7 Å². The summed E-state index contributed by atoms with van der Waals surface area (Å²) in [5, 5.41) is 0. The Morgan fingerprint density at radius 1 is 1.00 bits per heavy atom. The lowest BCUT2D eigenvalue weighted by atomic mass is 10.2. The van der Waals surface area contributed by atoms with Crippen molar-refractivity contribution in [3.8, 4) is 0 Å². The van der Waals surface area contributed by atoms with E-state index in [1.165, 1.54) is 11.1 Å². The largest absolute Gasteiger partial charge is 0.0988 e. The minimum atomic E-state index is 1.02. The van der Waals surface area contributed by atoms with E-state index in [1.54, 1.807) is 0 Å². The summed E-state index contributed by atoms with van der Waals surface area (Å²) >= 11 is 0. The van der Waals surface area contributed by atoms with Gasteiger partial charge in [-0.2, -0.15) is 0 Å². The quantitative estimate of drug-likeness (QED) is 0.320. The molecular formula is C14H22. The van der Waals surface area contributed by atoms with Gasteiger partial charge in [-0.15, -0.1) is 0 Å². The van der Waals surface area contributed by atoms with Crippen molar-refractivity contribution in [3.05, 3.63) is 48.1 Å². The molecule has 0 aromatic rings. The first-order valence-electron chi connectivity index (χ1n) is 5.24. The predicted octanol–water partition coefficient (Wildman–Crippen LogP) is 4.81. The topological polar surface area (TPSA) is 0 Å². The Kier molecular flexibility index (Phi) is 7.92. The van der Waals surface area contributed by atoms with Crippen LogP contribution in [0.3, 0.4) is 0 Å². The maximum atomic E-state index is 3.71. The normalized spacial score (nSPS) is 11.8. The van der Waals surface area contributed by atoms with Gasteiger partial charge < -0.3 is 0 Å². The number of allylic oxidation sites excluding steroid dienone is 7. The monoisotopic (exact) mass is 190 g/mol. The summed E-state index contributed by atoms with van der Waals surface area (Å²) in [4.78, 5) is 0. The van der Waals surface area contributed by atoms with Gasteiger partial charge in [0.15, 0.2) is 0 Å². The molecule has 0 bridgehead atoms. The molecule has 0 nitrogen and oxygen atoms in total. The first-order chi connectivity index (χ1) is 6.66. The second kappa shape index (κ2) is 8.55. The zero-order valence-electron chi connectivity index (χ0n) is 9.72. The van der Waals surface area contributed by atoms with E-state index in [0.717, 1.165) is 19.3 Å². The van der Waals surface area contributed by atoms with Gasteiger partial charge in [0.2, 0.25) is 0 Å². The van der Waals surface area contributed by atoms with Crippen LogP contribution in [0.15, 0.2) is 48.1 Å². The van der Waals surface area contributed by atoms with E-state index in [1.807, 2.05) is 6.08 Å². The molecule has 0 saturated heterocycles. The number of rotatable bonds is 6. The van der Waals surface area contributed by atoms with Crippen LogP contribution in [0.25, 0.3) is 0 Å². The molecule has 0 aliphatic heterocycles. The second-order valence-corrected chi connectivity index (χ2v) is 3.72. The molecule has 0 spiro atoms. The van der Waals surface area contributed by atoms with Crippen LogP contribution in [0.2, 0.25) is 0 Å². The number of hydrogen-bond donors (Lipinski definition) is 0. The molecule has 0 amide bonds. The third-order valence-corrected chi connectivity index (χ3v) is 1.95. The molecule has 0 aliphatic rings. The zero-order chi connectivity index (χ0) is 10.8. The Bertz CT molecular complexity index is 235. The summed E-state index contributed by atoms with van der Waals surface area (Å²) in [5.41, 5.74) is 2.65. The van der Waals surface area contributed by atoms with Crippen LogP contribution < -0.4 is 0 Å². The summed E-state index contributed by atoms with van der Waals surface area (Å²) in [6, 6.07) is 0. The van der Waals surface area contributed by atoms with Crippen LogP contribution in [-0.2, 0) is 0 Å². The summed E-state index contributed by atoms with van der Waals surface area (Å²) < 4.78 is 0. The highest BCUT2D eigenvalue weighted by Gasteiger charge is 1.80. The lowest BCUT2D eigenvalue weighted by Gasteiger charge is -1.90. The molecule has 0 aliphatic carbocycles. The Hall–Kier alpha value is -1.04. The first-order valence-corrected chi connectivity index (χ1v) is 5.24. The highest BCUT2D eigenvalue weighted by atomic mass is 13.9. The summed E-state index contributed by atoms with van der Waals surface area (Å²) in [5.74, 6) is 0. The molecule has 0 fully saturated rings. The van der Waals surface area contributed by atoms with Crippen molar-refractivity contribution < 1.29 is 0 Å². The highest BCUT2D eigenvalue weighted by molar-refractivity contribution is 5.14. The van der Waals surface area contributed by atoms with Crippen molar-refractivity contribution in [1.82, 2.24) is 0 Å². The molecule has 0 aromatic carbocycles. The fourth-order valence-corrected chi connectivity index (χ4v) is 1.02. The van der Waals surface area contributed by atoms with Gasteiger partial charge in [0, 0.05) is 0 Å². The van der Waals surface area contributed by atoms with Crippen molar-refractivity contribution in [2.45, 2.75) is 40.0 Å². The van der Waals surface area contributed by atoms with Crippen LogP contribution in [-0.4, -0.2) is 0 Å². The molecule has 0 radical (unpaired) electrons. The maximum Gasteiger partial charge on any atom is -0.0163 e. The van der Waals surface area contributed by atoms with E-state index in [2.05, 4.69) is 51.7 Å². The van der Waals surface area contributed by atoms with E-state index >= 15 is 0 Å². The van der Waals surface area contributed by atoms with Crippen LogP contribution >= 0.6 is 0 Å². The van der Waals surface area contributed by atoms with Crippen molar-refractivity contribution in [2.75, 3.05) is 0 Å². The van der Waals surface area contributed by atoms with Crippen LogP contribution in [0, 0.1) is 0 Å². The molecule has 0 saturated carbocycles. The van der Waals surface area contributed by atoms with Crippen molar-refractivity contribution in [3.63, 3.8) is 0 Å². The standard InChI is InChI=1S/C14H22/c1-5-14(4)12-10-8-6-7-9-11-13(2)3/h5-6,8,11-12H,1,7,9-10H2,2-4H3/b8-6-,14-12-. The van der Waals surface area contributed by atoms with E-state index in [9.17, 15) is 0 Å². The van der Waals surface area contributed by atoms with Gasteiger partial charge in [-0.05, 0) is 40.0 Å². The smallest absolute Gasteiger partial charge is 0.0163 e. The van der Waals surface area contributed by atoms with E-state index in [-0.39, 0.29) is 0 Å². The van der Waals surface area contributed by atoms with E-state index in [4.69, 9.17) is 0 Å². The zero-order valence-corrected chi connectivity index (χ0v) is 9.72. The molecule has 14 heavy (non-hydrogen) atoms. The van der Waals surface area contributed by atoms with Gasteiger partial charge in [0.05, 0.1) is 0 Å². The van der Waals surface area contributed by atoms with Gasteiger partial charge >= 0.3 is 0 Å². The van der Waals surface area contributed by atoms with E-state index in [0.29, 0.717) is 0 Å². The molecule has 0 N–H and O–H groups in total. The summed E-state index contributed by atoms with van der Waals surface area (Å²) in [7, 11) is 0. The fourth-order valence-electron chi connectivity index (χ4n) is 1.02. The predicted molar refractivity (Wildman–Crippen MR) is 66.4 cm³/mol. The van der Waals surface area contributed by atoms with Crippen molar-refractivity contribution in [2.24, 2.45) is 0 Å². The van der Waals surface area contributed by atoms with Crippen LogP contribution in [0.5, 0.6) is 0 Å². The van der Waals surface area contributed by atoms with Gasteiger partial charge in [0.1, 0.15) is 0 Å². The lowest BCUT2D eigenvalue weighted by Crippen LogP contribution is -1.69. The molecule has 78 valence electrons. The molecule has 0 aromatic heterocycles. The van der Waals surface area contributed by atoms with Crippen LogP contribution in [0.1, 0.15) is 40.0 Å². The van der Waals surface area contributed by atoms with Gasteiger partial charge in [0.25, 0.3) is 0 Å². The molecule has 0 heteroatoms.